The molecule has 1 atom stereocenters. The average molecular weight is 154 g/mol. The van der Waals surface area contributed by atoms with Crippen LogP contribution < -0.4 is 5.73 Å². The fourth-order valence-corrected chi connectivity index (χ4v) is 0.871. The molecule has 1 rings (SSSR count). The molecule has 0 amide bonds. The zero-order valence-electron chi connectivity index (χ0n) is 7.00. The lowest BCUT2D eigenvalue weighted by molar-refractivity contribution is 0.354. The van der Waals surface area contributed by atoms with Gasteiger partial charge in [-0.15, -0.1) is 0 Å². The second-order valence-corrected chi connectivity index (χ2v) is 2.59. The fraction of sp³-hybridized carbons (Fsp3) is 0.625. The molecule has 0 aliphatic rings. The van der Waals surface area contributed by atoms with Gasteiger partial charge in [0.15, 0.2) is 5.76 Å². The summed E-state index contributed by atoms with van der Waals surface area (Å²) in [4.78, 5) is 0. The Bertz CT molecular complexity index is 220. The molecule has 1 unspecified atom stereocenters. The molecule has 3 nitrogen and oxygen atoms in total. The molecule has 0 saturated carbocycles. The van der Waals surface area contributed by atoms with Crippen LogP contribution in [0.4, 0.5) is 0 Å². The summed E-state index contributed by atoms with van der Waals surface area (Å²) in [6, 6.07) is 1.93. The third-order valence-corrected chi connectivity index (χ3v) is 1.74. The van der Waals surface area contributed by atoms with Crippen LogP contribution in [0.3, 0.4) is 0 Å². The Morgan fingerprint density at radius 2 is 2.36 bits per heavy atom. The largest absolute Gasteiger partial charge is 0.359 e. The van der Waals surface area contributed by atoms with E-state index in [-0.39, 0.29) is 6.04 Å². The number of rotatable bonds is 3. The molecule has 3 heteroatoms. The maximum Gasteiger partial charge on any atom is 0.153 e. The van der Waals surface area contributed by atoms with E-state index < -0.39 is 0 Å². The van der Waals surface area contributed by atoms with Crippen molar-refractivity contribution in [3.05, 3.63) is 17.5 Å². The predicted octanol–water partition coefficient (Wildman–Crippen LogP) is 1.65. The summed E-state index contributed by atoms with van der Waals surface area (Å²) in [5.74, 6) is 0.796. The summed E-state index contributed by atoms with van der Waals surface area (Å²) in [5.41, 5.74) is 6.70. The van der Waals surface area contributed by atoms with Crippen molar-refractivity contribution in [1.82, 2.24) is 5.16 Å². The highest BCUT2D eigenvalue weighted by Crippen LogP contribution is 2.14. The third kappa shape index (κ3) is 1.80. The maximum atomic E-state index is 5.73. The first-order chi connectivity index (χ1) is 5.27. The van der Waals surface area contributed by atoms with E-state index in [1.807, 2.05) is 19.9 Å². The first kappa shape index (κ1) is 8.27. The SMILES string of the molecule is CCc1cc(C(N)CC)on1. The molecule has 0 aromatic carbocycles. The molecule has 0 spiro atoms. The number of hydrogen-bond acceptors (Lipinski definition) is 3. The molecule has 0 aliphatic carbocycles. The number of nitrogens with zero attached hydrogens (tertiary/aromatic N) is 1. The van der Waals surface area contributed by atoms with Gasteiger partial charge in [0.05, 0.1) is 11.7 Å². The molecule has 0 fully saturated rings. The van der Waals surface area contributed by atoms with Gasteiger partial charge in [-0.2, -0.15) is 0 Å². The van der Waals surface area contributed by atoms with E-state index >= 15 is 0 Å². The normalized spacial score (nSPS) is 13.4. The Morgan fingerprint density at radius 1 is 1.64 bits per heavy atom. The highest BCUT2D eigenvalue weighted by atomic mass is 16.5. The van der Waals surface area contributed by atoms with E-state index in [0.29, 0.717) is 0 Å². The Labute approximate surface area is 66.6 Å². The summed E-state index contributed by atoms with van der Waals surface area (Å²) >= 11 is 0. The number of nitrogens with two attached hydrogens (primary N) is 1. The lowest BCUT2D eigenvalue weighted by Crippen LogP contribution is -2.06. The molecule has 1 heterocycles. The second kappa shape index (κ2) is 3.53. The van der Waals surface area contributed by atoms with Crippen LogP contribution in [0.2, 0.25) is 0 Å². The zero-order valence-corrected chi connectivity index (χ0v) is 7.00. The van der Waals surface area contributed by atoms with E-state index in [4.69, 9.17) is 10.3 Å². The molecule has 0 bridgehead atoms. The highest BCUT2D eigenvalue weighted by molar-refractivity contribution is 5.08. The topological polar surface area (TPSA) is 52.0 Å². The smallest absolute Gasteiger partial charge is 0.153 e. The van der Waals surface area contributed by atoms with E-state index in [1.54, 1.807) is 0 Å². The third-order valence-electron chi connectivity index (χ3n) is 1.74. The van der Waals surface area contributed by atoms with Crippen LogP contribution >= 0.6 is 0 Å². The summed E-state index contributed by atoms with van der Waals surface area (Å²) in [7, 11) is 0. The minimum Gasteiger partial charge on any atom is -0.359 e. The van der Waals surface area contributed by atoms with Gasteiger partial charge in [0.1, 0.15) is 0 Å². The molecule has 1 aromatic rings. The quantitative estimate of drug-likeness (QED) is 0.720. The summed E-state index contributed by atoms with van der Waals surface area (Å²) in [6.07, 6.45) is 1.79. The van der Waals surface area contributed by atoms with Crippen LogP contribution in [0, 0.1) is 0 Å². The van der Waals surface area contributed by atoms with Gasteiger partial charge in [-0.05, 0) is 12.8 Å². The van der Waals surface area contributed by atoms with Gasteiger partial charge in [-0.1, -0.05) is 19.0 Å². The van der Waals surface area contributed by atoms with E-state index in [9.17, 15) is 0 Å². The molecule has 2 N–H and O–H groups in total. The monoisotopic (exact) mass is 154 g/mol. The molecule has 0 saturated heterocycles. The van der Waals surface area contributed by atoms with Crippen molar-refractivity contribution in [2.24, 2.45) is 5.73 Å². The van der Waals surface area contributed by atoms with Gasteiger partial charge in [0.25, 0.3) is 0 Å². The van der Waals surface area contributed by atoms with Crippen LogP contribution in [-0.4, -0.2) is 5.16 Å². The van der Waals surface area contributed by atoms with Crippen molar-refractivity contribution in [1.29, 1.82) is 0 Å². The van der Waals surface area contributed by atoms with Crippen molar-refractivity contribution >= 4 is 0 Å². The lowest BCUT2D eigenvalue weighted by Gasteiger charge is -2.00. The van der Waals surface area contributed by atoms with E-state index in [0.717, 1.165) is 24.3 Å². The fourth-order valence-electron chi connectivity index (χ4n) is 0.871. The van der Waals surface area contributed by atoms with E-state index in [2.05, 4.69) is 5.16 Å². The van der Waals surface area contributed by atoms with E-state index in [1.165, 1.54) is 0 Å². The number of aromatic nitrogens is 1. The molecule has 62 valence electrons. The van der Waals surface area contributed by atoms with Crippen LogP contribution in [-0.2, 0) is 6.42 Å². The molecule has 0 radical (unpaired) electrons. The van der Waals surface area contributed by atoms with Crippen molar-refractivity contribution in [2.75, 3.05) is 0 Å². The van der Waals surface area contributed by atoms with Gasteiger partial charge >= 0.3 is 0 Å². The molecule has 0 aliphatic heterocycles. The molecular weight excluding hydrogens is 140 g/mol. The number of aryl methyl sites for hydroxylation is 1. The van der Waals surface area contributed by atoms with Crippen molar-refractivity contribution in [3.63, 3.8) is 0 Å². The average Bonchev–Trinajstić information content (AvgIpc) is 2.50. The standard InChI is InChI=1S/C8H14N2O/c1-3-6-5-8(11-10-6)7(9)4-2/h5,7H,3-4,9H2,1-2H3. The zero-order chi connectivity index (χ0) is 8.27. The molecule has 11 heavy (non-hydrogen) atoms. The Hall–Kier alpha value is -0.830. The predicted molar refractivity (Wildman–Crippen MR) is 43.1 cm³/mol. The summed E-state index contributed by atoms with van der Waals surface area (Å²) in [5, 5.41) is 3.85. The van der Waals surface area contributed by atoms with Crippen LogP contribution in [0.25, 0.3) is 0 Å². The van der Waals surface area contributed by atoms with Gasteiger partial charge in [-0.25, -0.2) is 0 Å². The van der Waals surface area contributed by atoms with Gasteiger partial charge in [0, 0.05) is 6.07 Å². The minimum absolute atomic E-state index is 0.00259. The minimum atomic E-state index is 0.00259. The highest BCUT2D eigenvalue weighted by Gasteiger charge is 2.08. The maximum absolute atomic E-state index is 5.73. The van der Waals surface area contributed by atoms with Crippen LogP contribution in [0.5, 0.6) is 0 Å². The van der Waals surface area contributed by atoms with Crippen molar-refractivity contribution in [3.8, 4) is 0 Å². The van der Waals surface area contributed by atoms with Crippen LogP contribution in [0.1, 0.15) is 37.8 Å². The van der Waals surface area contributed by atoms with Crippen molar-refractivity contribution in [2.45, 2.75) is 32.7 Å². The van der Waals surface area contributed by atoms with Gasteiger partial charge in [-0.3, -0.25) is 0 Å². The first-order valence-corrected chi connectivity index (χ1v) is 3.99. The Balaban J connectivity index is 2.71. The summed E-state index contributed by atoms with van der Waals surface area (Å²) in [6.45, 7) is 4.07. The number of hydrogen-bond donors (Lipinski definition) is 1. The van der Waals surface area contributed by atoms with Gasteiger partial charge in [0.2, 0.25) is 0 Å². The molecular formula is C8H14N2O. The van der Waals surface area contributed by atoms with Crippen LogP contribution in [0.15, 0.2) is 10.6 Å². The Kier molecular flexibility index (Phi) is 2.65. The first-order valence-electron chi connectivity index (χ1n) is 3.99. The Morgan fingerprint density at radius 3 is 2.82 bits per heavy atom. The second-order valence-electron chi connectivity index (χ2n) is 2.59. The molecule has 1 aromatic heterocycles. The van der Waals surface area contributed by atoms with Crippen molar-refractivity contribution < 1.29 is 4.52 Å². The van der Waals surface area contributed by atoms with Gasteiger partial charge < -0.3 is 10.3 Å². The lowest BCUT2D eigenvalue weighted by atomic mass is 10.2. The summed E-state index contributed by atoms with van der Waals surface area (Å²) < 4.78 is 5.03.